The number of ether oxygens (including phenoxy) is 1. The van der Waals surface area contributed by atoms with Gasteiger partial charge in [-0.3, -0.25) is 0 Å². The highest BCUT2D eigenvalue weighted by Crippen LogP contribution is 2.00. The highest BCUT2D eigenvalue weighted by atomic mass is 16.6. The molecule has 0 aromatic heterocycles. The van der Waals surface area contributed by atoms with E-state index in [0.29, 0.717) is 19.6 Å². The number of carbonyl (C=O) groups is 1. The van der Waals surface area contributed by atoms with Crippen LogP contribution in [0.5, 0.6) is 0 Å². The van der Waals surface area contributed by atoms with Crippen molar-refractivity contribution in [3.05, 3.63) is 35.9 Å². The van der Waals surface area contributed by atoms with Crippen molar-refractivity contribution in [2.75, 3.05) is 26.8 Å². The Bertz CT molecular complexity index is 313. The van der Waals surface area contributed by atoms with Crippen molar-refractivity contribution in [2.45, 2.75) is 6.42 Å². The van der Waals surface area contributed by atoms with E-state index in [2.05, 4.69) is 0 Å². The number of amides is 1. The van der Waals surface area contributed by atoms with Gasteiger partial charge in [0.25, 0.3) is 0 Å². The van der Waals surface area contributed by atoms with Crippen molar-refractivity contribution in [1.82, 2.24) is 4.90 Å². The summed E-state index contributed by atoms with van der Waals surface area (Å²) in [5.41, 5.74) is 1.14. The fourth-order valence-electron chi connectivity index (χ4n) is 1.25. The topological polar surface area (TPSA) is 49.8 Å². The molecular weight excluding hydrogens is 206 g/mol. The van der Waals surface area contributed by atoms with Crippen LogP contribution in [0.25, 0.3) is 0 Å². The lowest BCUT2D eigenvalue weighted by Gasteiger charge is -2.15. The fourth-order valence-corrected chi connectivity index (χ4v) is 1.25. The number of likely N-dealkylation sites (N-methyl/N-ethyl adjacent to an activating group) is 1. The number of nitrogens with zero attached hydrogens (tertiary/aromatic N) is 1. The van der Waals surface area contributed by atoms with Crippen LogP contribution in [-0.4, -0.2) is 42.9 Å². The Morgan fingerprint density at radius 1 is 1.38 bits per heavy atom. The second kappa shape index (κ2) is 6.85. The van der Waals surface area contributed by atoms with Gasteiger partial charge in [-0.25, -0.2) is 4.79 Å². The molecule has 0 aliphatic heterocycles. The van der Waals surface area contributed by atoms with Gasteiger partial charge in [0.2, 0.25) is 0 Å². The number of aliphatic hydroxyl groups is 1. The van der Waals surface area contributed by atoms with Crippen LogP contribution in [0.1, 0.15) is 5.56 Å². The fraction of sp³-hybridized carbons (Fsp3) is 0.417. The summed E-state index contributed by atoms with van der Waals surface area (Å²) in [6.45, 7) is 0.604. The van der Waals surface area contributed by atoms with Gasteiger partial charge in [-0.15, -0.1) is 0 Å². The Kier molecular flexibility index (Phi) is 5.36. The van der Waals surface area contributed by atoms with E-state index >= 15 is 0 Å². The predicted octanol–water partition coefficient (Wildman–Crippen LogP) is 1.29. The lowest BCUT2D eigenvalue weighted by molar-refractivity contribution is 0.105. The molecule has 0 radical (unpaired) electrons. The molecule has 0 unspecified atom stereocenters. The minimum absolute atomic E-state index is 0.0513. The van der Waals surface area contributed by atoms with Crippen molar-refractivity contribution in [2.24, 2.45) is 0 Å². The average Bonchev–Trinajstić information content (AvgIpc) is 2.30. The minimum atomic E-state index is -0.398. The maximum atomic E-state index is 11.3. The van der Waals surface area contributed by atoms with Gasteiger partial charge in [0.15, 0.2) is 0 Å². The third-order valence-corrected chi connectivity index (χ3v) is 2.21. The average molecular weight is 223 g/mol. The van der Waals surface area contributed by atoms with E-state index in [1.807, 2.05) is 30.3 Å². The van der Waals surface area contributed by atoms with Gasteiger partial charge in [0.05, 0.1) is 13.2 Å². The molecule has 16 heavy (non-hydrogen) atoms. The Morgan fingerprint density at radius 2 is 2.06 bits per heavy atom. The molecular formula is C12H17NO3. The summed E-state index contributed by atoms with van der Waals surface area (Å²) < 4.78 is 5.04. The van der Waals surface area contributed by atoms with E-state index in [4.69, 9.17) is 9.84 Å². The van der Waals surface area contributed by atoms with Gasteiger partial charge in [0.1, 0.15) is 0 Å². The first-order valence-electron chi connectivity index (χ1n) is 5.26. The van der Waals surface area contributed by atoms with E-state index < -0.39 is 6.09 Å². The SMILES string of the molecule is CN(CCO)C(=O)OCCc1ccccc1. The van der Waals surface area contributed by atoms with E-state index in [9.17, 15) is 4.79 Å². The summed E-state index contributed by atoms with van der Waals surface area (Å²) >= 11 is 0. The zero-order valence-electron chi connectivity index (χ0n) is 9.43. The smallest absolute Gasteiger partial charge is 0.409 e. The molecule has 0 aliphatic carbocycles. The number of aliphatic hydroxyl groups excluding tert-OH is 1. The molecule has 1 aromatic carbocycles. The monoisotopic (exact) mass is 223 g/mol. The van der Waals surface area contributed by atoms with Crippen LogP contribution in [0.2, 0.25) is 0 Å². The third kappa shape index (κ3) is 4.31. The van der Waals surface area contributed by atoms with Crippen molar-refractivity contribution < 1.29 is 14.6 Å². The standard InChI is InChI=1S/C12H17NO3/c1-13(8-9-14)12(15)16-10-7-11-5-3-2-4-6-11/h2-6,14H,7-10H2,1H3. The second-order valence-corrected chi connectivity index (χ2v) is 3.50. The van der Waals surface area contributed by atoms with Crippen LogP contribution in [-0.2, 0) is 11.2 Å². The lowest BCUT2D eigenvalue weighted by Crippen LogP contribution is -2.30. The Morgan fingerprint density at radius 3 is 2.69 bits per heavy atom. The molecule has 88 valence electrons. The summed E-state index contributed by atoms with van der Waals surface area (Å²) in [4.78, 5) is 12.7. The number of hydrogen-bond donors (Lipinski definition) is 1. The second-order valence-electron chi connectivity index (χ2n) is 3.50. The number of carbonyl (C=O) groups excluding carboxylic acids is 1. The van der Waals surface area contributed by atoms with Gasteiger partial charge >= 0.3 is 6.09 Å². The first-order chi connectivity index (χ1) is 7.74. The molecule has 0 saturated heterocycles. The van der Waals surface area contributed by atoms with Crippen LogP contribution in [0.4, 0.5) is 4.79 Å². The Balaban J connectivity index is 2.23. The molecule has 0 bridgehead atoms. The third-order valence-electron chi connectivity index (χ3n) is 2.21. The van der Waals surface area contributed by atoms with Crippen molar-refractivity contribution in [3.63, 3.8) is 0 Å². The summed E-state index contributed by atoms with van der Waals surface area (Å²) in [6, 6.07) is 9.84. The maximum absolute atomic E-state index is 11.3. The molecule has 0 saturated carbocycles. The predicted molar refractivity (Wildman–Crippen MR) is 61.2 cm³/mol. The molecule has 0 heterocycles. The normalized spacial score (nSPS) is 9.88. The highest BCUT2D eigenvalue weighted by molar-refractivity contribution is 5.67. The van der Waals surface area contributed by atoms with E-state index in [0.717, 1.165) is 5.56 Å². The van der Waals surface area contributed by atoms with Gasteiger partial charge < -0.3 is 14.7 Å². The van der Waals surface area contributed by atoms with Crippen LogP contribution < -0.4 is 0 Å². The van der Waals surface area contributed by atoms with Crippen LogP contribution in [0.3, 0.4) is 0 Å². The quantitative estimate of drug-likeness (QED) is 0.818. The van der Waals surface area contributed by atoms with Gasteiger partial charge in [-0.1, -0.05) is 30.3 Å². The molecule has 4 heteroatoms. The number of rotatable bonds is 5. The first kappa shape index (κ1) is 12.5. The Hall–Kier alpha value is -1.55. The Labute approximate surface area is 95.5 Å². The molecule has 1 N–H and O–H groups in total. The molecule has 0 atom stereocenters. The summed E-state index contributed by atoms with van der Waals surface area (Å²) in [5, 5.41) is 8.64. The zero-order chi connectivity index (χ0) is 11.8. The zero-order valence-corrected chi connectivity index (χ0v) is 9.43. The van der Waals surface area contributed by atoms with Crippen molar-refractivity contribution >= 4 is 6.09 Å². The first-order valence-corrected chi connectivity index (χ1v) is 5.26. The molecule has 1 amide bonds. The van der Waals surface area contributed by atoms with E-state index in [1.54, 1.807) is 7.05 Å². The maximum Gasteiger partial charge on any atom is 0.409 e. The number of hydrogen-bond acceptors (Lipinski definition) is 3. The summed E-state index contributed by atoms with van der Waals surface area (Å²) in [5.74, 6) is 0. The largest absolute Gasteiger partial charge is 0.449 e. The summed E-state index contributed by atoms with van der Waals surface area (Å²) in [6.07, 6.45) is 0.310. The molecule has 1 rings (SSSR count). The lowest BCUT2D eigenvalue weighted by atomic mass is 10.2. The van der Waals surface area contributed by atoms with E-state index in [-0.39, 0.29) is 6.61 Å². The molecule has 0 fully saturated rings. The van der Waals surface area contributed by atoms with Crippen molar-refractivity contribution in [1.29, 1.82) is 0 Å². The molecule has 4 nitrogen and oxygen atoms in total. The van der Waals surface area contributed by atoms with Crippen LogP contribution >= 0.6 is 0 Å². The minimum Gasteiger partial charge on any atom is -0.449 e. The molecule has 1 aromatic rings. The van der Waals surface area contributed by atoms with Gasteiger partial charge in [-0.2, -0.15) is 0 Å². The highest BCUT2D eigenvalue weighted by Gasteiger charge is 2.08. The van der Waals surface area contributed by atoms with Crippen LogP contribution in [0.15, 0.2) is 30.3 Å². The summed E-state index contributed by atoms with van der Waals surface area (Å²) in [7, 11) is 1.60. The number of benzene rings is 1. The van der Waals surface area contributed by atoms with E-state index in [1.165, 1.54) is 4.90 Å². The van der Waals surface area contributed by atoms with Crippen LogP contribution in [0, 0.1) is 0 Å². The van der Waals surface area contributed by atoms with Gasteiger partial charge in [0, 0.05) is 20.0 Å². The van der Waals surface area contributed by atoms with Gasteiger partial charge in [-0.05, 0) is 5.56 Å². The molecule has 0 aliphatic rings. The van der Waals surface area contributed by atoms with Crippen molar-refractivity contribution in [3.8, 4) is 0 Å². The molecule has 0 spiro atoms.